The van der Waals surface area contributed by atoms with Crippen LogP contribution in [0.25, 0.3) is 0 Å². The highest BCUT2D eigenvalue weighted by Gasteiger charge is 2.48. The first-order valence-electron chi connectivity index (χ1n) is 6.96. The fourth-order valence-corrected chi connectivity index (χ4v) is 3.64. The first kappa shape index (κ1) is 14.1. The van der Waals surface area contributed by atoms with Crippen LogP contribution in [0.5, 0.6) is 0 Å². The molecule has 0 fully saturated rings. The van der Waals surface area contributed by atoms with Crippen LogP contribution < -0.4 is 4.90 Å². The summed E-state index contributed by atoms with van der Waals surface area (Å²) in [5, 5.41) is 0. The highest BCUT2D eigenvalue weighted by molar-refractivity contribution is 6.08. The van der Waals surface area contributed by atoms with Crippen LogP contribution in [0.4, 0.5) is 5.69 Å². The largest absolute Gasteiger partial charge is 0.314 e. The molecule has 0 N–H and O–H groups in total. The van der Waals surface area contributed by atoms with Crippen LogP contribution in [-0.4, -0.2) is 13.0 Å². The quantitative estimate of drug-likeness (QED) is 0.747. The smallest absolute Gasteiger partial charge is 0.237 e. The van der Waals surface area contributed by atoms with Gasteiger partial charge in [-0.1, -0.05) is 38.5 Å². The van der Waals surface area contributed by atoms with Crippen LogP contribution in [-0.2, 0) is 10.2 Å². The number of likely N-dealkylation sites (N-methyl/N-ethyl adjacent to an activating group) is 1. The van der Waals surface area contributed by atoms with Gasteiger partial charge in [-0.05, 0) is 43.7 Å². The van der Waals surface area contributed by atoms with E-state index in [1.807, 2.05) is 11.9 Å². The summed E-state index contributed by atoms with van der Waals surface area (Å²) in [4.78, 5) is 14.6. The van der Waals surface area contributed by atoms with Gasteiger partial charge in [0.25, 0.3) is 0 Å². The number of nitrogens with zero attached hydrogens (tertiary/aromatic N) is 1. The summed E-state index contributed by atoms with van der Waals surface area (Å²) in [6.45, 7) is 12.9. The second-order valence-corrected chi connectivity index (χ2v) is 7.41. The van der Waals surface area contributed by atoms with E-state index in [1.165, 1.54) is 16.7 Å². The number of rotatable bonds is 1. The number of hydrogen-bond donors (Lipinski definition) is 0. The molecule has 0 unspecified atom stereocenters. The number of anilines is 1. The molecule has 0 saturated carbocycles. The molecular formula is C17H25NO. The molecule has 1 aliphatic heterocycles. The lowest BCUT2D eigenvalue weighted by molar-refractivity contribution is -0.123. The second kappa shape index (κ2) is 4.09. The van der Waals surface area contributed by atoms with E-state index in [4.69, 9.17) is 0 Å². The van der Waals surface area contributed by atoms with Gasteiger partial charge in [-0.3, -0.25) is 4.79 Å². The highest BCUT2D eigenvalue weighted by Crippen LogP contribution is 2.48. The summed E-state index contributed by atoms with van der Waals surface area (Å²) < 4.78 is 0. The number of amides is 1. The van der Waals surface area contributed by atoms with Gasteiger partial charge in [-0.2, -0.15) is 0 Å². The van der Waals surface area contributed by atoms with Gasteiger partial charge in [0.2, 0.25) is 5.91 Å². The molecule has 1 heterocycles. The van der Waals surface area contributed by atoms with Gasteiger partial charge in [0.1, 0.15) is 0 Å². The topological polar surface area (TPSA) is 20.3 Å². The fraction of sp³-hybridized carbons (Fsp3) is 0.588. The predicted octanol–water partition coefficient (Wildman–Crippen LogP) is 3.97. The van der Waals surface area contributed by atoms with E-state index in [2.05, 4.69) is 53.7 Å². The molecule has 1 aromatic carbocycles. The molecule has 1 aromatic rings. The van der Waals surface area contributed by atoms with E-state index in [0.717, 1.165) is 12.1 Å². The Balaban J connectivity index is 2.65. The summed E-state index contributed by atoms with van der Waals surface area (Å²) in [6, 6.07) is 4.35. The summed E-state index contributed by atoms with van der Waals surface area (Å²) in [5.74, 6) is 0.228. The molecule has 104 valence electrons. The standard InChI is InChI=1S/C17H25NO/c1-11-8-12(2)14-13(9-11)17(6,10-16(3,4)5)15(19)18(14)7/h8-9H,10H2,1-7H3/t17-/m0/s1. The molecule has 0 spiro atoms. The van der Waals surface area contributed by atoms with E-state index in [1.54, 1.807) is 0 Å². The summed E-state index contributed by atoms with van der Waals surface area (Å²) >= 11 is 0. The Morgan fingerprint density at radius 2 is 1.79 bits per heavy atom. The zero-order chi connectivity index (χ0) is 14.6. The first-order chi connectivity index (χ1) is 8.56. The highest BCUT2D eigenvalue weighted by atomic mass is 16.2. The molecule has 19 heavy (non-hydrogen) atoms. The molecule has 1 atom stereocenters. The van der Waals surface area contributed by atoms with Crippen LogP contribution in [0.1, 0.15) is 50.8 Å². The van der Waals surface area contributed by atoms with Crippen LogP contribution in [0, 0.1) is 19.3 Å². The average molecular weight is 259 g/mol. The minimum Gasteiger partial charge on any atom is -0.314 e. The molecule has 0 aliphatic carbocycles. The number of carbonyl (C=O) groups is 1. The van der Waals surface area contributed by atoms with Gasteiger partial charge < -0.3 is 4.90 Å². The van der Waals surface area contributed by atoms with E-state index in [-0.39, 0.29) is 16.7 Å². The van der Waals surface area contributed by atoms with Crippen LogP contribution in [0.15, 0.2) is 12.1 Å². The molecule has 1 aliphatic rings. The predicted molar refractivity (Wildman–Crippen MR) is 80.8 cm³/mol. The third-order valence-corrected chi connectivity index (χ3v) is 4.04. The van der Waals surface area contributed by atoms with Crippen LogP contribution in [0.3, 0.4) is 0 Å². The lowest BCUT2D eigenvalue weighted by Gasteiger charge is -2.31. The van der Waals surface area contributed by atoms with E-state index in [0.29, 0.717) is 0 Å². The van der Waals surface area contributed by atoms with Gasteiger partial charge in [0.05, 0.1) is 11.1 Å². The van der Waals surface area contributed by atoms with Gasteiger partial charge in [-0.25, -0.2) is 0 Å². The molecule has 2 nitrogen and oxygen atoms in total. The van der Waals surface area contributed by atoms with Crippen molar-refractivity contribution in [1.82, 2.24) is 0 Å². The number of benzene rings is 1. The zero-order valence-electron chi connectivity index (χ0n) is 13.2. The minimum absolute atomic E-state index is 0.129. The molecule has 0 bridgehead atoms. The van der Waals surface area contributed by atoms with Gasteiger partial charge >= 0.3 is 0 Å². The Morgan fingerprint density at radius 3 is 2.32 bits per heavy atom. The Morgan fingerprint density at radius 1 is 1.21 bits per heavy atom. The number of fused-ring (bicyclic) bond motifs is 1. The van der Waals surface area contributed by atoms with Crippen molar-refractivity contribution in [2.45, 2.75) is 53.4 Å². The third kappa shape index (κ3) is 2.18. The SMILES string of the molecule is Cc1cc(C)c2c(c1)[C@](C)(CC(C)(C)C)C(=O)N2C. The van der Waals surface area contributed by atoms with Crippen molar-refractivity contribution in [3.8, 4) is 0 Å². The first-order valence-corrected chi connectivity index (χ1v) is 6.96. The monoisotopic (exact) mass is 259 g/mol. The minimum atomic E-state index is -0.390. The third-order valence-electron chi connectivity index (χ3n) is 4.04. The molecular weight excluding hydrogens is 234 g/mol. The maximum absolute atomic E-state index is 12.8. The van der Waals surface area contributed by atoms with Gasteiger partial charge in [-0.15, -0.1) is 0 Å². The maximum Gasteiger partial charge on any atom is 0.237 e. The summed E-state index contributed by atoms with van der Waals surface area (Å²) in [7, 11) is 1.90. The van der Waals surface area contributed by atoms with Crippen molar-refractivity contribution in [3.05, 3.63) is 28.8 Å². The Bertz CT molecular complexity index is 539. The normalized spacial score (nSPS) is 22.9. The number of aryl methyl sites for hydroxylation is 2. The Kier molecular flexibility index (Phi) is 3.04. The molecule has 0 saturated heterocycles. The lowest BCUT2D eigenvalue weighted by atomic mass is 9.71. The van der Waals surface area contributed by atoms with Crippen LogP contribution >= 0.6 is 0 Å². The molecule has 2 heteroatoms. The Hall–Kier alpha value is -1.31. The average Bonchev–Trinajstić information content (AvgIpc) is 2.39. The lowest BCUT2D eigenvalue weighted by Crippen LogP contribution is -2.39. The van der Waals surface area contributed by atoms with Gasteiger partial charge in [0.15, 0.2) is 0 Å². The molecule has 2 rings (SSSR count). The second-order valence-electron chi connectivity index (χ2n) is 7.41. The van der Waals surface area contributed by atoms with Gasteiger partial charge in [0, 0.05) is 7.05 Å². The summed E-state index contributed by atoms with van der Waals surface area (Å²) in [5.41, 5.74) is 4.49. The fourth-order valence-electron chi connectivity index (χ4n) is 3.64. The van der Waals surface area contributed by atoms with Crippen molar-refractivity contribution in [3.63, 3.8) is 0 Å². The van der Waals surface area contributed by atoms with Crippen molar-refractivity contribution >= 4 is 11.6 Å². The van der Waals surface area contributed by atoms with Crippen molar-refractivity contribution in [1.29, 1.82) is 0 Å². The van der Waals surface area contributed by atoms with Crippen molar-refractivity contribution in [2.75, 3.05) is 11.9 Å². The number of carbonyl (C=O) groups excluding carboxylic acids is 1. The van der Waals surface area contributed by atoms with E-state index in [9.17, 15) is 4.79 Å². The maximum atomic E-state index is 12.8. The molecule has 0 radical (unpaired) electrons. The van der Waals surface area contributed by atoms with Crippen LogP contribution in [0.2, 0.25) is 0 Å². The van der Waals surface area contributed by atoms with Crippen molar-refractivity contribution < 1.29 is 4.79 Å². The van der Waals surface area contributed by atoms with E-state index < -0.39 is 0 Å². The summed E-state index contributed by atoms with van der Waals surface area (Å²) in [6.07, 6.45) is 0.874. The Labute approximate surface area is 116 Å². The molecule has 0 aromatic heterocycles. The van der Waals surface area contributed by atoms with E-state index >= 15 is 0 Å². The van der Waals surface area contributed by atoms with Crippen molar-refractivity contribution in [2.24, 2.45) is 5.41 Å². The molecule has 1 amide bonds. The number of hydrogen-bond acceptors (Lipinski definition) is 1. The zero-order valence-corrected chi connectivity index (χ0v) is 13.2.